The van der Waals surface area contributed by atoms with Crippen LogP contribution in [0.1, 0.15) is 5.56 Å². The van der Waals surface area contributed by atoms with Gasteiger partial charge in [0.25, 0.3) is 0 Å². The van der Waals surface area contributed by atoms with Crippen molar-refractivity contribution in [1.82, 2.24) is 4.90 Å². The van der Waals surface area contributed by atoms with Gasteiger partial charge in [0, 0.05) is 0 Å². The Balaban J connectivity index is 0.000000310. The van der Waals surface area contributed by atoms with Crippen LogP contribution in [0.15, 0.2) is 24.3 Å². The molecule has 1 rings (SSSR count). The van der Waals surface area contributed by atoms with Gasteiger partial charge in [-0.2, -0.15) is 0 Å². The van der Waals surface area contributed by atoms with E-state index < -0.39 is 0 Å². The normalized spacial score (nSPS) is 8.62. The standard InChI is InChI=1S/C7H4N.C3H9N.Sn.H/c8-6-7-4-2-1-3-5-7;1-4(2)3;;/h1-4H;1-3H3;;. The van der Waals surface area contributed by atoms with Gasteiger partial charge in [0.1, 0.15) is 0 Å². The Bertz CT molecular complexity index is 286. The summed E-state index contributed by atoms with van der Waals surface area (Å²) in [7, 11) is 6.00. The first-order valence-electron chi connectivity index (χ1n) is 3.93. The van der Waals surface area contributed by atoms with E-state index in [0.29, 0.717) is 0 Å². The molecule has 1 aromatic carbocycles. The van der Waals surface area contributed by atoms with Gasteiger partial charge in [-0.25, -0.2) is 0 Å². The third-order valence-electron chi connectivity index (χ3n) is 1.08. The van der Waals surface area contributed by atoms with Crippen LogP contribution in [0, 0.1) is 11.3 Å². The van der Waals surface area contributed by atoms with Crippen molar-refractivity contribution in [2.75, 3.05) is 21.1 Å². The number of hydrogen-bond acceptors (Lipinski definition) is 2. The molecule has 0 saturated heterocycles. The van der Waals surface area contributed by atoms with Crippen LogP contribution in [0.25, 0.3) is 0 Å². The molecule has 2 nitrogen and oxygen atoms in total. The second-order valence-corrected chi connectivity index (χ2v) is 4.82. The molecular formula is C10H14N2Sn. The average Bonchev–Trinajstić information content (AvgIpc) is 2.04. The average molecular weight is 281 g/mol. The van der Waals surface area contributed by atoms with E-state index in [9.17, 15) is 0 Å². The van der Waals surface area contributed by atoms with Crippen molar-refractivity contribution >= 4 is 26.1 Å². The summed E-state index contributed by atoms with van der Waals surface area (Å²) in [6, 6.07) is 9.81. The Morgan fingerprint density at radius 1 is 1.23 bits per heavy atom. The topological polar surface area (TPSA) is 27.0 Å². The number of benzene rings is 1. The molecule has 0 heterocycles. The number of hydrogen-bond donors (Lipinski definition) is 0. The van der Waals surface area contributed by atoms with Crippen molar-refractivity contribution in [3.63, 3.8) is 0 Å². The first-order valence-corrected chi connectivity index (χ1v) is 5.58. The second kappa shape index (κ2) is 6.93. The summed E-state index contributed by atoms with van der Waals surface area (Å²) in [6.07, 6.45) is 0. The summed E-state index contributed by atoms with van der Waals surface area (Å²) >= 11 is 1.02. The SMILES string of the molecule is CN(C)C.N#Cc1cccc[c]1[SnH]. The molecule has 2 radical (unpaired) electrons. The zero-order valence-electron chi connectivity index (χ0n) is 8.28. The number of nitrogens with zero attached hydrogens (tertiary/aromatic N) is 2. The van der Waals surface area contributed by atoms with Crippen LogP contribution >= 0.6 is 0 Å². The van der Waals surface area contributed by atoms with Gasteiger partial charge in [-0.05, 0) is 21.1 Å². The Labute approximate surface area is 93.3 Å². The fourth-order valence-corrected chi connectivity index (χ4v) is 1.37. The molecule has 0 amide bonds. The molecule has 68 valence electrons. The molecule has 0 N–H and O–H groups in total. The van der Waals surface area contributed by atoms with Crippen molar-refractivity contribution in [2.24, 2.45) is 0 Å². The molecule has 3 heteroatoms. The van der Waals surface area contributed by atoms with Crippen LogP contribution in [0.4, 0.5) is 0 Å². The summed E-state index contributed by atoms with van der Waals surface area (Å²) in [4.78, 5) is 2.00. The van der Waals surface area contributed by atoms with Gasteiger partial charge in [0.2, 0.25) is 0 Å². The van der Waals surface area contributed by atoms with E-state index in [1.54, 1.807) is 0 Å². The van der Waals surface area contributed by atoms with Gasteiger partial charge in [0.05, 0.1) is 0 Å². The Hall–Kier alpha value is -0.531. The molecular weight excluding hydrogens is 267 g/mol. The summed E-state index contributed by atoms with van der Waals surface area (Å²) in [5.74, 6) is 0. The minimum absolute atomic E-state index is 0.819. The fraction of sp³-hybridized carbons (Fsp3) is 0.300. The predicted molar refractivity (Wildman–Crippen MR) is 57.6 cm³/mol. The monoisotopic (exact) mass is 282 g/mol. The zero-order valence-corrected chi connectivity index (χ0v) is 11.6. The van der Waals surface area contributed by atoms with Crippen LogP contribution in [0.5, 0.6) is 0 Å². The van der Waals surface area contributed by atoms with Gasteiger partial charge < -0.3 is 4.90 Å². The predicted octanol–water partition coefficient (Wildman–Crippen LogP) is 0.262. The molecule has 13 heavy (non-hydrogen) atoms. The third kappa shape index (κ3) is 6.61. The van der Waals surface area contributed by atoms with Crippen LogP contribution in [-0.2, 0) is 0 Å². The molecule has 0 aliphatic heterocycles. The second-order valence-electron chi connectivity index (χ2n) is 3.04. The zero-order chi connectivity index (χ0) is 10.3. The van der Waals surface area contributed by atoms with Crippen molar-refractivity contribution in [1.29, 1.82) is 5.26 Å². The number of rotatable bonds is 0. The maximum atomic E-state index is 8.49. The van der Waals surface area contributed by atoms with Crippen LogP contribution in [0.3, 0.4) is 0 Å². The Kier molecular flexibility index (Phi) is 6.65. The summed E-state index contributed by atoms with van der Waals surface area (Å²) in [5.41, 5.74) is 0.819. The molecule has 0 aliphatic carbocycles. The van der Waals surface area contributed by atoms with E-state index in [0.717, 1.165) is 28.1 Å². The first-order chi connectivity index (χ1) is 6.07. The molecule has 1 aromatic rings. The number of nitriles is 1. The van der Waals surface area contributed by atoms with E-state index in [1.165, 1.54) is 3.58 Å². The van der Waals surface area contributed by atoms with E-state index in [2.05, 4.69) is 6.07 Å². The van der Waals surface area contributed by atoms with Crippen LogP contribution < -0.4 is 3.58 Å². The van der Waals surface area contributed by atoms with Crippen LogP contribution in [0.2, 0.25) is 0 Å². The van der Waals surface area contributed by atoms with Gasteiger partial charge in [-0.3, -0.25) is 0 Å². The molecule has 0 unspecified atom stereocenters. The fourth-order valence-electron chi connectivity index (χ4n) is 0.599. The van der Waals surface area contributed by atoms with Crippen molar-refractivity contribution in [2.45, 2.75) is 0 Å². The molecule has 0 atom stereocenters. The molecule has 0 fully saturated rings. The molecule has 0 aromatic heterocycles. The van der Waals surface area contributed by atoms with E-state index in [4.69, 9.17) is 5.26 Å². The van der Waals surface area contributed by atoms with Crippen molar-refractivity contribution < 1.29 is 0 Å². The summed E-state index contributed by atoms with van der Waals surface area (Å²) in [5, 5.41) is 8.49. The van der Waals surface area contributed by atoms with Crippen LogP contribution in [-0.4, -0.2) is 48.6 Å². The van der Waals surface area contributed by atoms with Gasteiger partial charge >= 0.3 is 67.3 Å². The molecule has 0 bridgehead atoms. The minimum atomic E-state index is 0.819. The van der Waals surface area contributed by atoms with E-state index in [1.807, 2.05) is 50.3 Å². The van der Waals surface area contributed by atoms with E-state index in [-0.39, 0.29) is 0 Å². The third-order valence-corrected chi connectivity index (χ3v) is 2.52. The van der Waals surface area contributed by atoms with Gasteiger partial charge in [0.15, 0.2) is 0 Å². The Morgan fingerprint density at radius 3 is 2.00 bits per heavy atom. The Morgan fingerprint density at radius 2 is 1.69 bits per heavy atom. The first kappa shape index (κ1) is 12.5. The van der Waals surface area contributed by atoms with Crippen molar-refractivity contribution in [3.8, 4) is 6.07 Å². The van der Waals surface area contributed by atoms with Gasteiger partial charge in [-0.1, -0.05) is 0 Å². The quantitative estimate of drug-likeness (QED) is 0.638. The summed E-state index contributed by atoms with van der Waals surface area (Å²) in [6.45, 7) is 0. The molecule has 0 saturated carbocycles. The molecule has 0 spiro atoms. The summed E-state index contributed by atoms with van der Waals surface area (Å²) < 4.78 is 1.17. The molecule has 0 aliphatic rings. The van der Waals surface area contributed by atoms with E-state index >= 15 is 0 Å². The van der Waals surface area contributed by atoms with Crippen molar-refractivity contribution in [3.05, 3.63) is 29.8 Å². The maximum absolute atomic E-state index is 8.49. The van der Waals surface area contributed by atoms with Gasteiger partial charge in [-0.15, -0.1) is 0 Å².